The Balaban J connectivity index is 2.46. The van der Waals surface area contributed by atoms with E-state index in [1.807, 2.05) is 6.92 Å². The Hall–Kier alpha value is -1.26. The van der Waals surface area contributed by atoms with Gasteiger partial charge in [0.05, 0.1) is 16.7 Å². The van der Waals surface area contributed by atoms with Crippen LogP contribution in [0.1, 0.15) is 29.2 Å². The van der Waals surface area contributed by atoms with Crippen LogP contribution in [0.2, 0.25) is 0 Å². The topological polar surface area (TPSA) is 33.1 Å². The fourth-order valence-electron chi connectivity index (χ4n) is 1.70. The molecule has 2 rings (SSSR count). The Morgan fingerprint density at radius 2 is 2.06 bits per heavy atom. The molecule has 1 N–H and O–H groups in total. The molecule has 90 valence electrons. The lowest BCUT2D eigenvalue weighted by Crippen LogP contribution is -1.88. The van der Waals surface area contributed by atoms with Crippen LogP contribution in [0.4, 0.5) is 4.39 Å². The second kappa shape index (κ2) is 4.55. The van der Waals surface area contributed by atoms with Gasteiger partial charge in [-0.1, -0.05) is 0 Å². The third-order valence-corrected chi connectivity index (χ3v) is 3.99. The lowest BCUT2D eigenvalue weighted by Gasteiger charge is -2.00. The normalized spacial score (nSPS) is 12.8. The van der Waals surface area contributed by atoms with Crippen LogP contribution < -0.4 is 0 Å². The van der Waals surface area contributed by atoms with Gasteiger partial charge in [-0.3, -0.25) is 0 Å². The van der Waals surface area contributed by atoms with E-state index >= 15 is 0 Å². The van der Waals surface area contributed by atoms with Crippen LogP contribution in [-0.4, -0.2) is 10.1 Å². The number of hydrogen-bond acceptors (Lipinski definition) is 3. The minimum atomic E-state index is -0.511. The van der Waals surface area contributed by atoms with Gasteiger partial charge in [0.1, 0.15) is 10.8 Å². The molecular formula is C13H14FNOS. The first-order valence-corrected chi connectivity index (χ1v) is 6.22. The molecule has 0 amide bonds. The second-order valence-electron chi connectivity index (χ2n) is 4.11. The number of thiazole rings is 1. The van der Waals surface area contributed by atoms with Crippen molar-refractivity contribution in [2.45, 2.75) is 26.9 Å². The lowest BCUT2D eigenvalue weighted by molar-refractivity contribution is 0.202. The predicted octanol–water partition coefficient (Wildman–Crippen LogP) is 3.62. The number of hydrogen-bond donors (Lipinski definition) is 1. The molecule has 17 heavy (non-hydrogen) atoms. The Morgan fingerprint density at radius 1 is 1.35 bits per heavy atom. The highest BCUT2D eigenvalue weighted by Gasteiger charge is 2.13. The van der Waals surface area contributed by atoms with Crippen LogP contribution in [0.25, 0.3) is 10.6 Å². The molecule has 0 spiro atoms. The van der Waals surface area contributed by atoms with Crippen LogP contribution in [0, 0.1) is 19.7 Å². The predicted molar refractivity (Wildman–Crippen MR) is 67.6 cm³/mol. The fourth-order valence-corrected chi connectivity index (χ4v) is 2.70. The minimum absolute atomic E-state index is 0.210. The maximum absolute atomic E-state index is 13.2. The van der Waals surface area contributed by atoms with E-state index < -0.39 is 6.10 Å². The van der Waals surface area contributed by atoms with Gasteiger partial charge >= 0.3 is 0 Å². The van der Waals surface area contributed by atoms with Crippen molar-refractivity contribution < 1.29 is 9.50 Å². The Morgan fingerprint density at radius 3 is 2.59 bits per heavy atom. The van der Waals surface area contributed by atoms with E-state index in [-0.39, 0.29) is 5.82 Å². The lowest BCUT2D eigenvalue weighted by atomic mass is 10.1. The summed E-state index contributed by atoms with van der Waals surface area (Å²) in [6.45, 7) is 5.33. The molecule has 0 radical (unpaired) electrons. The van der Waals surface area contributed by atoms with Crippen molar-refractivity contribution >= 4 is 11.3 Å². The first-order valence-electron chi connectivity index (χ1n) is 5.41. The Bertz CT molecular complexity index is 548. The van der Waals surface area contributed by atoms with E-state index in [0.717, 1.165) is 21.1 Å². The number of aryl methyl sites for hydroxylation is 2. The van der Waals surface area contributed by atoms with E-state index in [1.165, 1.54) is 17.4 Å². The van der Waals surface area contributed by atoms with Gasteiger partial charge in [-0.25, -0.2) is 9.37 Å². The van der Waals surface area contributed by atoms with Crippen LogP contribution >= 0.6 is 11.3 Å². The summed E-state index contributed by atoms with van der Waals surface area (Å²) in [4.78, 5) is 5.27. The van der Waals surface area contributed by atoms with Crippen LogP contribution in [0.3, 0.4) is 0 Å². The summed E-state index contributed by atoms with van der Waals surface area (Å²) in [5, 5.41) is 10.4. The molecular weight excluding hydrogens is 237 g/mol. The van der Waals surface area contributed by atoms with Crippen molar-refractivity contribution in [2.75, 3.05) is 0 Å². The van der Waals surface area contributed by atoms with Crippen molar-refractivity contribution in [3.05, 3.63) is 40.2 Å². The van der Waals surface area contributed by atoms with E-state index in [1.54, 1.807) is 26.0 Å². The number of aliphatic hydroxyl groups is 1. The minimum Gasteiger partial charge on any atom is -0.388 e. The average molecular weight is 251 g/mol. The molecule has 4 heteroatoms. The molecule has 0 aliphatic heterocycles. The zero-order chi connectivity index (χ0) is 12.6. The highest BCUT2D eigenvalue weighted by molar-refractivity contribution is 7.15. The van der Waals surface area contributed by atoms with Crippen molar-refractivity contribution in [3.63, 3.8) is 0 Å². The zero-order valence-corrected chi connectivity index (χ0v) is 10.8. The second-order valence-corrected chi connectivity index (χ2v) is 5.14. The first-order chi connectivity index (χ1) is 7.99. The molecule has 0 fully saturated rings. The standard InChI is InChI=1S/C13H14FNOS/c1-7-6-10(4-5-11(7)14)13-15-8(2)12(17-13)9(3)16/h4-6,9,16H,1-3H3. The summed E-state index contributed by atoms with van der Waals surface area (Å²) in [6, 6.07) is 4.94. The van der Waals surface area contributed by atoms with Gasteiger partial charge in [0, 0.05) is 5.56 Å². The van der Waals surface area contributed by atoms with Crippen molar-refractivity contribution in [2.24, 2.45) is 0 Å². The van der Waals surface area contributed by atoms with E-state index in [4.69, 9.17) is 0 Å². The number of halogens is 1. The maximum Gasteiger partial charge on any atom is 0.126 e. The number of aliphatic hydroxyl groups excluding tert-OH is 1. The molecule has 1 aromatic heterocycles. The zero-order valence-electron chi connectivity index (χ0n) is 9.99. The highest BCUT2D eigenvalue weighted by atomic mass is 32.1. The van der Waals surface area contributed by atoms with Gasteiger partial charge in [-0.2, -0.15) is 0 Å². The van der Waals surface area contributed by atoms with Gasteiger partial charge in [0.25, 0.3) is 0 Å². The number of nitrogens with zero attached hydrogens (tertiary/aromatic N) is 1. The largest absolute Gasteiger partial charge is 0.388 e. The molecule has 1 atom stereocenters. The van der Waals surface area contributed by atoms with Gasteiger partial charge in [-0.05, 0) is 44.5 Å². The number of benzene rings is 1. The van der Waals surface area contributed by atoms with Crippen molar-refractivity contribution in [3.8, 4) is 10.6 Å². The fraction of sp³-hybridized carbons (Fsp3) is 0.308. The smallest absolute Gasteiger partial charge is 0.126 e. The third kappa shape index (κ3) is 2.37. The quantitative estimate of drug-likeness (QED) is 0.884. The highest BCUT2D eigenvalue weighted by Crippen LogP contribution is 2.32. The summed E-state index contributed by atoms with van der Waals surface area (Å²) in [5.41, 5.74) is 2.33. The van der Waals surface area contributed by atoms with Gasteiger partial charge < -0.3 is 5.11 Å². The molecule has 1 aromatic carbocycles. The first kappa shape index (κ1) is 12.2. The molecule has 1 unspecified atom stereocenters. The number of aromatic nitrogens is 1. The summed E-state index contributed by atoms with van der Waals surface area (Å²) >= 11 is 1.45. The van der Waals surface area contributed by atoms with Crippen LogP contribution in [0.15, 0.2) is 18.2 Å². The third-order valence-electron chi connectivity index (χ3n) is 2.62. The van der Waals surface area contributed by atoms with E-state index in [9.17, 15) is 9.50 Å². The van der Waals surface area contributed by atoms with Gasteiger partial charge in [-0.15, -0.1) is 11.3 Å². The molecule has 0 saturated carbocycles. The van der Waals surface area contributed by atoms with E-state index in [2.05, 4.69) is 4.98 Å². The van der Waals surface area contributed by atoms with Gasteiger partial charge in [0.2, 0.25) is 0 Å². The molecule has 1 heterocycles. The monoisotopic (exact) mass is 251 g/mol. The molecule has 0 saturated heterocycles. The number of rotatable bonds is 2. The van der Waals surface area contributed by atoms with Crippen LogP contribution in [-0.2, 0) is 0 Å². The average Bonchev–Trinajstić information content (AvgIpc) is 2.64. The Kier molecular flexibility index (Phi) is 3.26. The summed E-state index contributed by atoms with van der Waals surface area (Å²) in [5.74, 6) is -0.210. The summed E-state index contributed by atoms with van der Waals surface area (Å²) in [6.07, 6.45) is -0.511. The van der Waals surface area contributed by atoms with Gasteiger partial charge in [0.15, 0.2) is 0 Å². The summed E-state index contributed by atoms with van der Waals surface area (Å²) < 4.78 is 13.2. The SMILES string of the molecule is Cc1cc(-c2nc(C)c(C(C)O)s2)ccc1F. The van der Waals surface area contributed by atoms with Crippen LogP contribution in [0.5, 0.6) is 0 Å². The molecule has 0 aliphatic carbocycles. The van der Waals surface area contributed by atoms with Crippen molar-refractivity contribution in [1.82, 2.24) is 4.98 Å². The maximum atomic E-state index is 13.2. The molecule has 0 bridgehead atoms. The van der Waals surface area contributed by atoms with Crippen molar-refractivity contribution in [1.29, 1.82) is 0 Å². The molecule has 2 nitrogen and oxygen atoms in total. The Labute approximate surface area is 104 Å². The molecule has 0 aliphatic rings. The summed E-state index contributed by atoms with van der Waals surface area (Å²) in [7, 11) is 0. The molecule has 2 aromatic rings. The van der Waals surface area contributed by atoms with E-state index in [0.29, 0.717) is 5.56 Å².